The molecule has 0 bridgehead atoms. The molecule has 0 saturated carbocycles. The number of benzene rings is 1. The highest BCUT2D eigenvalue weighted by molar-refractivity contribution is 5.33. The van der Waals surface area contributed by atoms with Gasteiger partial charge >= 0.3 is 0 Å². The summed E-state index contributed by atoms with van der Waals surface area (Å²) in [6.07, 6.45) is 2.34. The first kappa shape index (κ1) is 11.6. The van der Waals surface area contributed by atoms with Gasteiger partial charge in [0.2, 0.25) is 0 Å². The quantitative estimate of drug-likeness (QED) is 0.838. The van der Waals surface area contributed by atoms with E-state index in [0.29, 0.717) is 6.04 Å². The molecule has 1 aliphatic carbocycles. The van der Waals surface area contributed by atoms with E-state index >= 15 is 0 Å². The SMILES string of the molecule is CN(CC(C)(C)N)C1Cc2ccccc2C1. The van der Waals surface area contributed by atoms with Crippen molar-refractivity contribution in [2.24, 2.45) is 5.73 Å². The van der Waals surface area contributed by atoms with Crippen molar-refractivity contribution in [2.45, 2.75) is 38.3 Å². The Kier molecular flexibility index (Phi) is 3.04. The molecule has 0 atom stereocenters. The molecule has 0 radical (unpaired) electrons. The molecule has 0 unspecified atom stereocenters. The summed E-state index contributed by atoms with van der Waals surface area (Å²) in [6.45, 7) is 5.13. The molecule has 16 heavy (non-hydrogen) atoms. The molecule has 2 N–H and O–H groups in total. The summed E-state index contributed by atoms with van der Waals surface area (Å²) in [5, 5.41) is 0. The fourth-order valence-electron chi connectivity index (χ4n) is 2.62. The van der Waals surface area contributed by atoms with E-state index in [1.54, 1.807) is 0 Å². The fraction of sp³-hybridized carbons (Fsp3) is 0.571. The topological polar surface area (TPSA) is 29.3 Å². The van der Waals surface area contributed by atoms with Gasteiger partial charge in [-0.3, -0.25) is 0 Å². The molecular weight excluding hydrogens is 196 g/mol. The minimum absolute atomic E-state index is 0.108. The van der Waals surface area contributed by atoms with Crippen molar-refractivity contribution < 1.29 is 0 Å². The van der Waals surface area contributed by atoms with E-state index in [1.807, 2.05) is 0 Å². The molecular formula is C14H22N2. The zero-order chi connectivity index (χ0) is 11.8. The van der Waals surface area contributed by atoms with Crippen LogP contribution in [0.1, 0.15) is 25.0 Å². The summed E-state index contributed by atoms with van der Waals surface area (Å²) in [5.41, 5.74) is 8.98. The fourth-order valence-corrected chi connectivity index (χ4v) is 2.62. The Balaban J connectivity index is 2.01. The smallest absolute Gasteiger partial charge is 0.0226 e. The highest BCUT2D eigenvalue weighted by atomic mass is 15.1. The Morgan fingerprint density at radius 1 is 1.25 bits per heavy atom. The minimum Gasteiger partial charge on any atom is -0.324 e. The van der Waals surface area contributed by atoms with Crippen molar-refractivity contribution in [3.8, 4) is 0 Å². The molecule has 0 saturated heterocycles. The number of rotatable bonds is 3. The summed E-state index contributed by atoms with van der Waals surface area (Å²) in [5.74, 6) is 0. The molecule has 2 heteroatoms. The van der Waals surface area contributed by atoms with Gasteiger partial charge in [0.1, 0.15) is 0 Å². The van der Waals surface area contributed by atoms with Crippen LogP contribution in [0.4, 0.5) is 0 Å². The van der Waals surface area contributed by atoms with Gasteiger partial charge < -0.3 is 10.6 Å². The summed E-state index contributed by atoms with van der Waals surface area (Å²) in [7, 11) is 2.19. The molecule has 0 aromatic heterocycles. The number of nitrogens with two attached hydrogens (primary N) is 1. The van der Waals surface area contributed by atoms with E-state index in [9.17, 15) is 0 Å². The lowest BCUT2D eigenvalue weighted by Crippen LogP contribution is -2.47. The summed E-state index contributed by atoms with van der Waals surface area (Å²) < 4.78 is 0. The first-order chi connectivity index (χ1) is 7.46. The molecule has 88 valence electrons. The van der Waals surface area contributed by atoms with E-state index in [0.717, 1.165) is 6.54 Å². The van der Waals surface area contributed by atoms with E-state index in [1.165, 1.54) is 24.0 Å². The van der Waals surface area contributed by atoms with Crippen LogP contribution in [0.5, 0.6) is 0 Å². The average Bonchev–Trinajstić information content (AvgIpc) is 2.58. The van der Waals surface area contributed by atoms with E-state index in [-0.39, 0.29) is 5.54 Å². The Bertz CT molecular complexity index is 340. The molecule has 1 aromatic carbocycles. The molecule has 0 aliphatic heterocycles. The Hall–Kier alpha value is -0.860. The Morgan fingerprint density at radius 3 is 2.19 bits per heavy atom. The third-order valence-corrected chi connectivity index (χ3v) is 3.31. The van der Waals surface area contributed by atoms with Crippen molar-refractivity contribution >= 4 is 0 Å². The van der Waals surface area contributed by atoms with Crippen LogP contribution in [-0.2, 0) is 12.8 Å². The third kappa shape index (κ3) is 2.63. The van der Waals surface area contributed by atoms with Crippen LogP contribution in [0.3, 0.4) is 0 Å². The van der Waals surface area contributed by atoms with Crippen LogP contribution in [-0.4, -0.2) is 30.1 Å². The van der Waals surface area contributed by atoms with Gasteiger partial charge in [-0.05, 0) is 44.9 Å². The third-order valence-electron chi connectivity index (χ3n) is 3.31. The maximum Gasteiger partial charge on any atom is 0.0226 e. The summed E-state index contributed by atoms with van der Waals surface area (Å²) in [6, 6.07) is 9.38. The number of nitrogens with zero attached hydrogens (tertiary/aromatic N) is 1. The van der Waals surface area contributed by atoms with Gasteiger partial charge in [0.15, 0.2) is 0 Å². The number of likely N-dealkylation sites (N-methyl/N-ethyl adjacent to an activating group) is 1. The lowest BCUT2D eigenvalue weighted by atomic mass is 10.1. The number of hydrogen-bond acceptors (Lipinski definition) is 2. The monoisotopic (exact) mass is 218 g/mol. The molecule has 2 rings (SSSR count). The highest BCUT2D eigenvalue weighted by Crippen LogP contribution is 2.25. The van der Waals surface area contributed by atoms with Gasteiger partial charge in [0, 0.05) is 18.1 Å². The van der Waals surface area contributed by atoms with E-state index in [4.69, 9.17) is 5.73 Å². The number of fused-ring (bicyclic) bond motifs is 1. The van der Waals surface area contributed by atoms with Crippen LogP contribution in [0.2, 0.25) is 0 Å². The van der Waals surface area contributed by atoms with Gasteiger partial charge in [-0.1, -0.05) is 24.3 Å². The molecule has 1 aromatic rings. The second-order valence-corrected chi connectivity index (χ2v) is 5.73. The van der Waals surface area contributed by atoms with E-state index in [2.05, 4.69) is 50.1 Å². The van der Waals surface area contributed by atoms with E-state index < -0.39 is 0 Å². The molecule has 0 spiro atoms. The van der Waals surface area contributed by atoms with Crippen LogP contribution in [0, 0.1) is 0 Å². The maximum atomic E-state index is 6.07. The molecule has 1 aliphatic rings. The lowest BCUT2D eigenvalue weighted by Gasteiger charge is -2.31. The standard InChI is InChI=1S/C14H22N2/c1-14(2,15)10-16(3)13-8-11-6-4-5-7-12(11)9-13/h4-7,13H,8-10,15H2,1-3H3. The summed E-state index contributed by atoms with van der Waals surface area (Å²) >= 11 is 0. The van der Waals surface area contributed by atoms with Crippen LogP contribution >= 0.6 is 0 Å². The van der Waals surface area contributed by atoms with Crippen molar-refractivity contribution in [2.75, 3.05) is 13.6 Å². The largest absolute Gasteiger partial charge is 0.324 e. The molecule has 0 fully saturated rings. The highest BCUT2D eigenvalue weighted by Gasteiger charge is 2.26. The predicted octanol–water partition coefficient (Wildman–Crippen LogP) is 1.82. The van der Waals surface area contributed by atoms with Crippen molar-refractivity contribution in [3.63, 3.8) is 0 Å². The molecule has 0 heterocycles. The predicted molar refractivity (Wildman–Crippen MR) is 68.5 cm³/mol. The second kappa shape index (κ2) is 4.19. The lowest BCUT2D eigenvalue weighted by molar-refractivity contribution is 0.207. The van der Waals surface area contributed by atoms with Gasteiger partial charge in [-0.15, -0.1) is 0 Å². The Morgan fingerprint density at radius 2 is 1.75 bits per heavy atom. The van der Waals surface area contributed by atoms with Gasteiger partial charge in [-0.2, -0.15) is 0 Å². The zero-order valence-corrected chi connectivity index (χ0v) is 10.5. The van der Waals surface area contributed by atoms with Crippen molar-refractivity contribution in [3.05, 3.63) is 35.4 Å². The van der Waals surface area contributed by atoms with Gasteiger partial charge in [-0.25, -0.2) is 0 Å². The van der Waals surface area contributed by atoms with Crippen molar-refractivity contribution in [1.29, 1.82) is 0 Å². The maximum absolute atomic E-state index is 6.07. The first-order valence-electron chi connectivity index (χ1n) is 6.01. The van der Waals surface area contributed by atoms with Crippen LogP contribution in [0.25, 0.3) is 0 Å². The zero-order valence-electron chi connectivity index (χ0n) is 10.5. The van der Waals surface area contributed by atoms with Crippen molar-refractivity contribution in [1.82, 2.24) is 4.90 Å². The minimum atomic E-state index is -0.108. The van der Waals surface area contributed by atoms with Crippen LogP contribution in [0.15, 0.2) is 24.3 Å². The normalized spacial score (nSPS) is 16.8. The van der Waals surface area contributed by atoms with Crippen LogP contribution < -0.4 is 5.73 Å². The number of hydrogen-bond donors (Lipinski definition) is 1. The average molecular weight is 218 g/mol. The molecule has 0 amide bonds. The van der Waals surface area contributed by atoms with Gasteiger partial charge in [0.05, 0.1) is 0 Å². The summed E-state index contributed by atoms with van der Waals surface area (Å²) in [4.78, 5) is 2.40. The first-order valence-corrected chi connectivity index (χ1v) is 6.01. The molecule has 2 nitrogen and oxygen atoms in total. The Labute approximate surface area is 98.4 Å². The second-order valence-electron chi connectivity index (χ2n) is 5.73. The van der Waals surface area contributed by atoms with Gasteiger partial charge in [0.25, 0.3) is 0 Å².